The summed E-state index contributed by atoms with van der Waals surface area (Å²) in [5, 5.41) is 2.94. The van der Waals surface area contributed by atoms with Crippen molar-refractivity contribution in [2.45, 2.75) is 13.0 Å². The summed E-state index contributed by atoms with van der Waals surface area (Å²) in [7, 11) is -3.48. The van der Waals surface area contributed by atoms with Crippen LogP contribution in [0.2, 0.25) is 0 Å². The van der Waals surface area contributed by atoms with E-state index in [4.69, 9.17) is 4.74 Å². The van der Waals surface area contributed by atoms with Crippen molar-refractivity contribution in [2.75, 3.05) is 25.4 Å². The SMILES string of the molecule is CCS(=O)(=O)NC(=O)C1CNCCO1. The summed E-state index contributed by atoms with van der Waals surface area (Å²) in [6.07, 6.45) is -0.704. The number of ether oxygens (including phenoxy) is 1. The lowest BCUT2D eigenvalue weighted by molar-refractivity contribution is -0.132. The van der Waals surface area contributed by atoms with Gasteiger partial charge >= 0.3 is 0 Å². The largest absolute Gasteiger partial charge is 0.366 e. The smallest absolute Gasteiger partial charge is 0.263 e. The van der Waals surface area contributed by atoms with E-state index in [-0.39, 0.29) is 5.75 Å². The summed E-state index contributed by atoms with van der Waals surface area (Å²) in [6, 6.07) is 0. The van der Waals surface area contributed by atoms with Gasteiger partial charge in [-0.2, -0.15) is 0 Å². The fraction of sp³-hybridized carbons (Fsp3) is 0.857. The number of hydrogen-bond acceptors (Lipinski definition) is 5. The Morgan fingerprint density at radius 1 is 1.64 bits per heavy atom. The van der Waals surface area contributed by atoms with Gasteiger partial charge in [0.15, 0.2) is 0 Å². The molecule has 0 spiro atoms. The zero-order valence-electron chi connectivity index (χ0n) is 7.95. The first-order valence-corrected chi connectivity index (χ1v) is 6.07. The van der Waals surface area contributed by atoms with Crippen molar-refractivity contribution in [3.05, 3.63) is 0 Å². The number of morpholine rings is 1. The summed E-state index contributed by atoms with van der Waals surface area (Å²) in [6.45, 7) is 2.93. The summed E-state index contributed by atoms with van der Waals surface area (Å²) >= 11 is 0. The highest BCUT2D eigenvalue weighted by atomic mass is 32.2. The Morgan fingerprint density at radius 2 is 2.36 bits per heavy atom. The molecule has 82 valence electrons. The van der Waals surface area contributed by atoms with Gasteiger partial charge in [-0.3, -0.25) is 9.52 Å². The quantitative estimate of drug-likeness (QED) is 0.603. The van der Waals surface area contributed by atoms with E-state index in [1.54, 1.807) is 0 Å². The molecule has 6 nitrogen and oxygen atoms in total. The second-order valence-corrected chi connectivity index (χ2v) is 4.94. The van der Waals surface area contributed by atoms with Crippen LogP contribution in [0.25, 0.3) is 0 Å². The Morgan fingerprint density at radius 3 is 2.86 bits per heavy atom. The molecule has 1 rings (SSSR count). The van der Waals surface area contributed by atoms with Crippen LogP contribution in [0.3, 0.4) is 0 Å². The van der Waals surface area contributed by atoms with Gasteiger partial charge in [-0.15, -0.1) is 0 Å². The number of rotatable bonds is 3. The van der Waals surface area contributed by atoms with Crippen LogP contribution in [0, 0.1) is 0 Å². The van der Waals surface area contributed by atoms with Crippen molar-refractivity contribution in [1.82, 2.24) is 10.0 Å². The van der Waals surface area contributed by atoms with Crippen LogP contribution < -0.4 is 10.0 Å². The molecule has 1 unspecified atom stereocenters. The third kappa shape index (κ3) is 3.24. The third-order valence-corrected chi connectivity index (χ3v) is 3.13. The van der Waals surface area contributed by atoms with Crippen molar-refractivity contribution in [1.29, 1.82) is 0 Å². The lowest BCUT2D eigenvalue weighted by Crippen LogP contribution is -2.49. The van der Waals surface area contributed by atoms with E-state index >= 15 is 0 Å². The molecule has 2 N–H and O–H groups in total. The Labute approximate surface area is 83.1 Å². The minimum absolute atomic E-state index is 0.112. The topological polar surface area (TPSA) is 84.5 Å². The lowest BCUT2D eigenvalue weighted by atomic mass is 10.3. The van der Waals surface area contributed by atoms with Gasteiger partial charge < -0.3 is 10.1 Å². The molecule has 0 radical (unpaired) electrons. The maximum absolute atomic E-state index is 11.3. The first kappa shape index (κ1) is 11.4. The predicted molar refractivity (Wildman–Crippen MR) is 50.2 cm³/mol. The maximum atomic E-state index is 11.3. The molecule has 1 fully saturated rings. The highest BCUT2D eigenvalue weighted by molar-refractivity contribution is 7.90. The van der Waals surface area contributed by atoms with Crippen molar-refractivity contribution in [2.24, 2.45) is 0 Å². The van der Waals surface area contributed by atoms with E-state index < -0.39 is 22.0 Å². The van der Waals surface area contributed by atoms with E-state index in [2.05, 4.69) is 5.32 Å². The van der Waals surface area contributed by atoms with Crippen LogP contribution in [0.4, 0.5) is 0 Å². The molecule has 1 aliphatic heterocycles. The highest BCUT2D eigenvalue weighted by Crippen LogP contribution is 1.97. The molecular formula is C7H14N2O4S. The van der Waals surface area contributed by atoms with Crippen LogP contribution in [0.15, 0.2) is 0 Å². The van der Waals surface area contributed by atoms with E-state index in [0.717, 1.165) is 0 Å². The van der Waals surface area contributed by atoms with Gasteiger partial charge in [-0.25, -0.2) is 8.42 Å². The lowest BCUT2D eigenvalue weighted by Gasteiger charge is -2.22. The number of carbonyl (C=O) groups excluding carboxylic acids is 1. The van der Waals surface area contributed by atoms with Gasteiger partial charge in [0.25, 0.3) is 5.91 Å². The molecule has 1 amide bonds. The van der Waals surface area contributed by atoms with Gasteiger partial charge in [0.05, 0.1) is 12.4 Å². The van der Waals surface area contributed by atoms with E-state index in [1.807, 2.05) is 4.72 Å². The molecule has 1 aliphatic rings. The van der Waals surface area contributed by atoms with E-state index in [9.17, 15) is 13.2 Å². The highest BCUT2D eigenvalue weighted by Gasteiger charge is 2.24. The number of amides is 1. The van der Waals surface area contributed by atoms with Gasteiger partial charge in [0.2, 0.25) is 10.0 Å². The molecule has 0 bridgehead atoms. The average molecular weight is 222 g/mol. The summed E-state index contributed by atoms with van der Waals surface area (Å²) in [4.78, 5) is 11.3. The fourth-order valence-electron chi connectivity index (χ4n) is 1.02. The zero-order chi connectivity index (χ0) is 10.6. The van der Waals surface area contributed by atoms with Gasteiger partial charge in [-0.1, -0.05) is 0 Å². The molecule has 7 heteroatoms. The minimum atomic E-state index is -3.48. The minimum Gasteiger partial charge on any atom is -0.366 e. The summed E-state index contributed by atoms with van der Waals surface area (Å²) < 4.78 is 29.1. The number of nitrogens with one attached hydrogen (secondary N) is 2. The molecule has 0 aromatic carbocycles. The second kappa shape index (κ2) is 4.72. The van der Waals surface area contributed by atoms with Gasteiger partial charge in [-0.05, 0) is 6.92 Å². The molecule has 1 heterocycles. The van der Waals surface area contributed by atoms with Gasteiger partial charge in [0.1, 0.15) is 6.10 Å². The van der Waals surface area contributed by atoms with Crippen molar-refractivity contribution >= 4 is 15.9 Å². The van der Waals surface area contributed by atoms with E-state index in [0.29, 0.717) is 19.7 Å². The average Bonchev–Trinajstić information content (AvgIpc) is 2.19. The first-order valence-electron chi connectivity index (χ1n) is 4.42. The molecule has 14 heavy (non-hydrogen) atoms. The molecule has 0 saturated carbocycles. The van der Waals surface area contributed by atoms with Crippen molar-refractivity contribution in [3.63, 3.8) is 0 Å². The summed E-state index contributed by atoms with van der Waals surface area (Å²) in [5.41, 5.74) is 0. The molecule has 0 aromatic heterocycles. The molecule has 0 aliphatic carbocycles. The maximum Gasteiger partial charge on any atom is 0.263 e. The van der Waals surface area contributed by atoms with Crippen LogP contribution in [0.1, 0.15) is 6.92 Å². The second-order valence-electron chi connectivity index (χ2n) is 2.93. The van der Waals surface area contributed by atoms with Crippen LogP contribution in [-0.2, 0) is 19.6 Å². The molecule has 1 saturated heterocycles. The monoisotopic (exact) mass is 222 g/mol. The van der Waals surface area contributed by atoms with Crippen molar-refractivity contribution < 1.29 is 17.9 Å². The fourth-order valence-corrected chi connectivity index (χ4v) is 1.61. The van der Waals surface area contributed by atoms with Gasteiger partial charge in [0, 0.05) is 13.1 Å². The first-order chi connectivity index (χ1) is 6.55. The Bertz CT molecular complexity index is 295. The van der Waals surface area contributed by atoms with Crippen LogP contribution in [0.5, 0.6) is 0 Å². The van der Waals surface area contributed by atoms with Crippen LogP contribution >= 0.6 is 0 Å². The zero-order valence-corrected chi connectivity index (χ0v) is 8.76. The Kier molecular flexibility index (Phi) is 3.85. The van der Waals surface area contributed by atoms with Crippen LogP contribution in [-0.4, -0.2) is 45.9 Å². The molecular weight excluding hydrogens is 208 g/mol. The Hall–Kier alpha value is -0.660. The number of carbonyl (C=O) groups is 1. The standard InChI is InChI=1S/C7H14N2O4S/c1-2-14(11,12)9-7(10)6-5-8-3-4-13-6/h6,8H,2-5H2,1H3,(H,9,10). The number of hydrogen-bond donors (Lipinski definition) is 2. The molecule has 1 atom stereocenters. The molecule has 0 aromatic rings. The third-order valence-electron chi connectivity index (χ3n) is 1.86. The van der Waals surface area contributed by atoms with Crippen molar-refractivity contribution in [3.8, 4) is 0 Å². The predicted octanol–water partition coefficient (Wildman–Crippen LogP) is -1.56. The normalized spacial score (nSPS) is 23.1. The Balaban J connectivity index is 2.49. The van der Waals surface area contributed by atoms with E-state index in [1.165, 1.54) is 6.92 Å². The summed E-state index contributed by atoms with van der Waals surface area (Å²) in [5.74, 6) is -0.710. The number of sulfonamides is 1.